The number of aliphatic imine (C=N–C) groups is 1. The normalized spacial score (nSPS) is 19.4. The monoisotopic (exact) mass is 184 g/mol. The van der Waals surface area contributed by atoms with E-state index in [2.05, 4.69) is 4.99 Å². The van der Waals surface area contributed by atoms with E-state index < -0.39 is 11.9 Å². The van der Waals surface area contributed by atoms with Crippen molar-refractivity contribution in [3.8, 4) is 0 Å². The quantitative estimate of drug-likeness (QED) is 0.578. The average molecular weight is 184 g/mol. The van der Waals surface area contributed by atoms with Crippen LogP contribution in [0.2, 0.25) is 0 Å². The number of likely N-dealkylation sites (tertiary alicyclic amines) is 1. The fourth-order valence-electron chi connectivity index (χ4n) is 1.33. The minimum atomic E-state index is -0.730. The standard InChI is InChI=1S/C7H12N4O2/c8-5(12)4-11-3-1-2-6(11)10-7(9)13/h1-4H2,(H2,8,12)(H2,9,13)/b10-6-. The molecule has 0 bridgehead atoms. The molecule has 6 nitrogen and oxygen atoms in total. The highest BCUT2D eigenvalue weighted by molar-refractivity contribution is 5.95. The van der Waals surface area contributed by atoms with Crippen LogP contribution < -0.4 is 11.5 Å². The van der Waals surface area contributed by atoms with E-state index in [1.807, 2.05) is 0 Å². The zero-order chi connectivity index (χ0) is 9.84. The Balaban J connectivity index is 2.63. The van der Waals surface area contributed by atoms with Gasteiger partial charge in [-0.2, -0.15) is 4.99 Å². The number of primary amides is 2. The van der Waals surface area contributed by atoms with Crippen molar-refractivity contribution in [3.63, 3.8) is 0 Å². The number of urea groups is 1. The van der Waals surface area contributed by atoms with Crippen LogP contribution in [0, 0.1) is 0 Å². The Morgan fingerprint density at radius 2 is 2.15 bits per heavy atom. The molecule has 1 saturated heterocycles. The molecule has 1 rings (SSSR count). The van der Waals surface area contributed by atoms with Crippen LogP contribution in [0.4, 0.5) is 4.79 Å². The summed E-state index contributed by atoms with van der Waals surface area (Å²) < 4.78 is 0. The maximum atomic E-state index is 10.6. The van der Waals surface area contributed by atoms with Crippen LogP contribution in [0.3, 0.4) is 0 Å². The number of amides is 3. The molecule has 13 heavy (non-hydrogen) atoms. The van der Waals surface area contributed by atoms with E-state index in [0.29, 0.717) is 18.8 Å². The summed E-state index contributed by atoms with van der Waals surface area (Å²) in [7, 11) is 0. The lowest BCUT2D eigenvalue weighted by atomic mass is 10.4. The van der Waals surface area contributed by atoms with E-state index in [9.17, 15) is 9.59 Å². The van der Waals surface area contributed by atoms with Crippen LogP contribution in [0.5, 0.6) is 0 Å². The van der Waals surface area contributed by atoms with Gasteiger partial charge in [0.15, 0.2) is 0 Å². The topological polar surface area (TPSA) is 102 Å². The fraction of sp³-hybridized carbons (Fsp3) is 0.571. The van der Waals surface area contributed by atoms with Crippen molar-refractivity contribution in [2.45, 2.75) is 12.8 Å². The molecule has 3 amide bonds. The molecule has 0 aliphatic carbocycles. The number of nitrogens with zero attached hydrogens (tertiary/aromatic N) is 2. The second-order valence-corrected chi connectivity index (χ2v) is 2.86. The molecule has 0 spiro atoms. The first-order valence-corrected chi connectivity index (χ1v) is 4.00. The van der Waals surface area contributed by atoms with E-state index in [0.717, 1.165) is 6.42 Å². The summed E-state index contributed by atoms with van der Waals surface area (Å²) in [5, 5.41) is 0. The molecule has 0 aromatic carbocycles. The smallest absolute Gasteiger partial charge is 0.339 e. The highest BCUT2D eigenvalue weighted by Crippen LogP contribution is 2.10. The summed E-state index contributed by atoms with van der Waals surface area (Å²) in [5.74, 6) is 0.130. The minimum absolute atomic E-state index is 0.103. The lowest BCUT2D eigenvalue weighted by Gasteiger charge is -2.15. The Bertz CT molecular complexity index is 261. The fourth-order valence-corrected chi connectivity index (χ4v) is 1.33. The molecule has 0 radical (unpaired) electrons. The van der Waals surface area contributed by atoms with Gasteiger partial charge in [0.05, 0.1) is 6.54 Å². The van der Waals surface area contributed by atoms with Crippen LogP contribution in [0.25, 0.3) is 0 Å². The Labute approximate surface area is 75.6 Å². The highest BCUT2D eigenvalue weighted by Gasteiger charge is 2.20. The molecular formula is C7H12N4O2. The second-order valence-electron chi connectivity index (χ2n) is 2.86. The molecule has 1 aliphatic rings. The van der Waals surface area contributed by atoms with Crippen molar-refractivity contribution < 1.29 is 9.59 Å². The zero-order valence-corrected chi connectivity index (χ0v) is 7.19. The van der Waals surface area contributed by atoms with Crippen molar-refractivity contribution in [1.29, 1.82) is 0 Å². The average Bonchev–Trinajstić information content (AvgIpc) is 2.34. The number of carbonyl (C=O) groups is 2. The summed E-state index contributed by atoms with van der Waals surface area (Å²) in [5.41, 5.74) is 9.91. The molecule has 0 saturated carbocycles. The summed E-state index contributed by atoms with van der Waals surface area (Å²) in [6.07, 6.45) is 1.55. The van der Waals surface area contributed by atoms with Gasteiger partial charge >= 0.3 is 6.03 Å². The molecule has 0 aromatic heterocycles. The second kappa shape index (κ2) is 3.88. The van der Waals surface area contributed by atoms with Gasteiger partial charge in [0, 0.05) is 13.0 Å². The summed E-state index contributed by atoms with van der Waals surface area (Å²) in [6.45, 7) is 0.807. The molecule has 4 N–H and O–H groups in total. The number of rotatable bonds is 2. The Morgan fingerprint density at radius 1 is 1.46 bits per heavy atom. The first kappa shape index (κ1) is 9.50. The number of hydrogen-bond donors (Lipinski definition) is 2. The minimum Gasteiger partial charge on any atom is -0.368 e. The number of hydrogen-bond acceptors (Lipinski definition) is 2. The van der Waals surface area contributed by atoms with Crippen LogP contribution in [0.15, 0.2) is 4.99 Å². The molecular weight excluding hydrogens is 172 g/mol. The molecule has 1 fully saturated rings. The van der Waals surface area contributed by atoms with Crippen LogP contribution in [0.1, 0.15) is 12.8 Å². The number of amidine groups is 1. The largest absolute Gasteiger partial charge is 0.368 e. The number of nitrogens with two attached hydrogens (primary N) is 2. The highest BCUT2D eigenvalue weighted by atomic mass is 16.2. The first-order chi connectivity index (χ1) is 6.09. The lowest BCUT2D eigenvalue weighted by Crippen LogP contribution is -2.35. The first-order valence-electron chi connectivity index (χ1n) is 4.00. The van der Waals surface area contributed by atoms with E-state index >= 15 is 0 Å². The van der Waals surface area contributed by atoms with Crippen molar-refractivity contribution >= 4 is 17.8 Å². The van der Waals surface area contributed by atoms with Crippen molar-refractivity contribution in [2.75, 3.05) is 13.1 Å². The van der Waals surface area contributed by atoms with Gasteiger partial charge in [0.1, 0.15) is 5.84 Å². The van der Waals surface area contributed by atoms with E-state index in [1.54, 1.807) is 4.90 Å². The van der Waals surface area contributed by atoms with Gasteiger partial charge in [0.2, 0.25) is 5.91 Å². The maximum Gasteiger partial charge on any atom is 0.339 e. The summed E-state index contributed by atoms with van der Waals surface area (Å²) >= 11 is 0. The molecule has 1 heterocycles. The molecule has 0 atom stereocenters. The Kier molecular flexibility index (Phi) is 2.84. The van der Waals surface area contributed by atoms with Crippen LogP contribution in [-0.2, 0) is 4.79 Å². The third-order valence-corrected chi connectivity index (χ3v) is 1.78. The van der Waals surface area contributed by atoms with Gasteiger partial charge in [-0.15, -0.1) is 0 Å². The molecule has 6 heteroatoms. The molecule has 0 unspecified atom stereocenters. The zero-order valence-electron chi connectivity index (χ0n) is 7.19. The van der Waals surface area contributed by atoms with Gasteiger partial charge in [-0.1, -0.05) is 0 Å². The van der Waals surface area contributed by atoms with Crippen molar-refractivity contribution in [2.24, 2.45) is 16.5 Å². The van der Waals surface area contributed by atoms with Gasteiger partial charge in [0.25, 0.3) is 0 Å². The predicted molar refractivity (Wildman–Crippen MR) is 47.0 cm³/mol. The van der Waals surface area contributed by atoms with E-state index in [1.165, 1.54) is 0 Å². The Hall–Kier alpha value is -1.59. The third kappa shape index (κ3) is 2.73. The number of carbonyl (C=O) groups excluding carboxylic acids is 2. The Morgan fingerprint density at radius 3 is 2.69 bits per heavy atom. The van der Waals surface area contributed by atoms with Crippen molar-refractivity contribution in [3.05, 3.63) is 0 Å². The molecule has 0 aromatic rings. The SMILES string of the molecule is NC(=O)CN1CCC/C1=N/C(N)=O. The molecule has 1 aliphatic heterocycles. The summed E-state index contributed by atoms with van der Waals surface area (Å²) in [6, 6.07) is -0.730. The van der Waals surface area contributed by atoms with E-state index in [-0.39, 0.29) is 6.54 Å². The molecule has 72 valence electrons. The van der Waals surface area contributed by atoms with Crippen molar-refractivity contribution in [1.82, 2.24) is 4.90 Å². The van der Waals surface area contributed by atoms with Gasteiger partial charge < -0.3 is 16.4 Å². The van der Waals surface area contributed by atoms with Gasteiger partial charge in [-0.25, -0.2) is 4.79 Å². The van der Waals surface area contributed by atoms with Crippen LogP contribution in [-0.4, -0.2) is 35.8 Å². The van der Waals surface area contributed by atoms with E-state index in [4.69, 9.17) is 11.5 Å². The third-order valence-electron chi connectivity index (χ3n) is 1.78. The predicted octanol–water partition coefficient (Wildman–Crippen LogP) is -0.955. The van der Waals surface area contributed by atoms with Crippen LogP contribution >= 0.6 is 0 Å². The van der Waals surface area contributed by atoms with Gasteiger partial charge in [-0.3, -0.25) is 4.79 Å². The van der Waals surface area contributed by atoms with Gasteiger partial charge in [-0.05, 0) is 6.42 Å². The summed E-state index contributed by atoms with van der Waals surface area (Å²) in [4.78, 5) is 26.3. The lowest BCUT2D eigenvalue weighted by molar-refractivity contribution is -0.118. The maximum absolute atomic E-state index is 10.6.